The van der Waals surface area contributed by atoms with Crippen molar-refractivity contribution in [1.29, 1.82) is 0 Å². The van der Waals surface area contributed by atoms with E-state index in [9.17, 15) is 26.4 Å². The maximum absolute atomic E-state index is 12.5. The number of benzene rings is 2. The number of sulfone groups is 1. The summed E-state index contributed by atoms with van der Waals surface area (Å²) in [5, 5.41) is 0. The van der Waals surface area contributed by atoms with Crippen molar-refractivity contribution in [3.8, 4) is 5.75 Å². The van der Waals surface area contributed by atoms with Gasteiger partial charge < -0.3 is 9.47 Å². The Morgan fingerprint density at radius 1 is 1.00 bits per heavy atom. The van der Waals surface area contributed by atoms with Crippen LogP contribution in [0.15, 0.2) is 53.4 Å². The summed E-state index contributed by atoms with van der Waals surface area (Å²) in [6.07, 6.45) is 0. The minimum absolute atomic E-state index is 0.0178. The van der Waals surface area contributed by atoms with Gasteiger partial charge in [-0.1, -0.05) is 12.1 Å². The Balaban J connectivity index is 2.04. The number of hydrogen-bond donors (Lipinski definition) is 0. The van der Waals surface area contributed by atoms with Crippen LogP contribution in [0.3, 0.4) is 0 Å². The molecule has 9 heteroatoms. The molecule has 0 saturated carbocycles. The quantitative estimate of drug-likeness (QED) is 0.751. The molecule has 25 heavy (non-hydrogen) atoms. The lowest BCUT2D eigenvalue weighted by molar-refractivity contribution is -0.0436. The Morgan fingerprint density at radius 2 is 1.56 bits per heavy atom. The third kappa shape index (κ3) is 4.30. The monoisotopic (exact) mass is 374 g/mol. The number of methoxy groups -OCH3 is 1. The number of carbonyl (C=O) groups excluding carboxylic acids is 1. The minimum Gasteiger partial charge on any atom is -0.489 e. The normalized spacial score (nSPS) is 11.8. The van der Waals surface area contributed by atoms with Crippen molar-refractivity contribution in [3.05, 3.63) is 59.7 Å². The van der Waals surface area contributed by atoms with Crippen LogP contribution >= 0.6 is 0 Å². The van der Waals surface area contributed by atoms with Crippen LogP contribution in [0.5, 0.6) is 5.75 Å². The van der Waals surface area contributed by atoms with Crippen molar-refractivity contribution in [2.45, 2.75) is 17.0 Å². The summed E-state index contributed by atoms with van der Waals surface area (Å²) in [6, 6.07) is 10.3. The average Bonchev–Trinajstić information content (AvgIpc) is 2.59. The molecular weight excluding hydrogens is 361 g/mol. The number of carbonyl (C=O) groups is 1. The summed E-state index contributed by atoms with van der Waals surface area (Å²) in [5.74, 6) is -0.0624. The fourth-order valence-electron chi connectivity index (χ4n) is 1.87. The van der Waals surface area contributed by atoms with Crippen molar-refractivity contribution in [1.82, 2.24) is 0 Å². The number of rotatable bonds is 5. The van der Waals surface area contributed by atoms with Gasteiger partial charge in [-0.2, -0.15) is 13.2 Å². The van der Waals surface area contributed by atoms with Crippen LogP contribution in [0.25, 0.3) is 0 Å². The van der Waals surface area contributed by atoms with E-state index >= 15 is 0 Å². The second-order valence-electron chi connectivity index (χ2n) is 4.90. The maximum Gasteiger partial charge on any atom is 0.501 e. The molecule has 2 aromatic carbocycles. The van der Waals surface area contributed by atoms with E-state index in [1.807, 2.05) is 0 Å². The van der Waals surface area contributed by atoms with Crippen LogP contribution in [0.1, 0.15) is 15.9 Å². The second-order valence-corrected chi connectivity index (χ2v) is 6.84. The molecule has 0 atom stereocenters. The van der Waals surface area contributed by atoms with Crippen LogP contribution < -0.4 is 4.74 Å². The summed E-state index contributed by atoms with van der Waals surface area (Å²) >= 11 is 0. The van der Waals surface area contributed by atoms with E-state index < -0.39 is 26.2 Å². The molecule has 0 spiro atoms. The van der Waals surface area contributed by atoms with Gasteiger partial charge in [0.25, 0.3) is 9.84 Å². The van der Waals surface area contributed by atoms with Crippen molar-refractivity contribution < 1.29 is 35.9 Å². The molecule has 5 nitrogen and oxygen atoms in total. The van der Waals surface area contributed by atoms with Crippen LogP contribution in [-0.2, 0) is 21.2 Å². The standard InChI is InChI=1S/C16H13F3O5S/c1-23-15(20)12-4-6-13(7-5-12)24-10-11-2-8-14(9-3-11)25(21,22)16(17,18)19/h2-9H,10H2,1H3. The van der Waals surface area contributed by atoms with Crippen molar-refractivity contribution in [3.63, 3.8) is 0 Å². The Bertz CT molecular complexity index is 841. The molecule has 0 aliphatic heterocycles. The second kappa shape index (κ2) is 7.14. The minimum atomic E-state index is -5.36. The van der Waals surface area contributed by atoms with Crippen molar-refractivity contribution in [2.75, 3.05) is 7.11 Å². The molecule has 0 aliphatic carbocycles. The molecule has 0 fully saturated rings. The van der Waals surface area contributed by atoms with Gasteiger partial charge in [0.15, 0.2) is 0 Å². The van der Waals surface area contributed by atoms with E-state index in [1.54, 1.807) is 0 Å². The third-order valence-electron chi connectivity index (χ3n) is 3.22. The molecule has 0 amide bonds. The van der Waals surface area contributed by atoms with Gasteiger partial charge in [-0.25, -0.2) is 13.2 Å². The first-order valence-corrected chi connectivity index (χ1v) is 8.35. The highest BCUT2D eigenvalue weighted by Gasteiger charge is 2.46. The number of halogens is 3. The maximum atomic E-state index is 12.5. The molecule has 2 aromatic rings. The summed E-state index contributed by atoms with van der Waals surface area (Å²) in [6.45, 7) is 0.0178. The summed E-state index contributed by atoms with van der Waals surface area (Å²) in [7, 11) is -4.10. The Kier molecular flexibility index (Phi) is 5.36. The van der Waals surface area contributed by atoms with Gasteiger partial charge in [-0.05, 0) is 42.0 Å². The van der Waals surface area contributed by atoms with Gasteiger partial charge in [0.1, 0.15) is 12.4 Å². The van der Waals surface area contributed by atoms with E-state index in [0.29, 0.717) is 16.9 Å². The molecule has 0 heterocycles. The summed E-state index contributed by atoms with van der Waals surface area (Å²) in [5.41, 5.74) is -4.51. The lowest BCUT2D eigenvalue weighted by Gasteiger charge is -2.10. The zero-order chi connectivity index (χ0) is 18.7. The summed E-state index contributed by atoms with van der Waals surface area (Å²) in [4.78, 5) is 10.5. The zero-order valence-corrected chi connectivity index (χ0v) is 13.7. The molecular formula is C16H13F3O5S. The highest BCUT2D eigenvalue weighted by molar-refractivity contribution is 7.92. The highest BCUT2D eigenvalue weighted by atomic mass is 32.2. The molecule has 134 valence electrons. The Labute approximate surface area is 141 Å². The predicted molar refractivity (Wildman–Crippen MR) is 81.8 cm³/mol. The van der Waals surface area contributed by atoms with Crippen molar-refractivity contribution in [2.24, 2.45) is 0 Å². The number of alkyl halides is 3. The summed E-state index contributed by atoms with van der Waals surface area (Å²) < 4.78 is 69.9. The van der Waals surface area contributed by atoms with E-state index in [1.165, 1.54) is 43.5 Å². The van der Waals surface area contributed by atoms with Crippen LogP contribution in [0, 0.1) is 0 Å². The van der Waals surface area contributed by atoms with Crippen LogP contribution in [0.2, 0.25) is 0 Å². The van der Waals surface area contributed by atoms with E-state index in [4.69, 9.17) is 4.74 Å². The van der Waals surface area contributed by atoms with Crippen molar-refractivity contribution >= 4 is 15.8 Å². The van der Waals surface area contributed by atoms with Gasteiger partial charge >= 0.3 is 11.5 Å². The first-order chi connectivity index (χ1) is 11.6. The topological polar surface area (TPSA) is 69.7 Å². The SMILES string of the molecule is COC(=O)c1ccc(OCc2ccc(S(=O)(=O)C(F)(F)F)cc2)cc1. The van der Waals surface area contributed by atoms with Gasteiger partial charge in [-0.15, -0.1) is 0 Å². The molecule has 2 rings (SSSR count). The van der Waals surface area contributed by atoms with Gasteiger partial charge in [0, 0.05) is 0 Å². The molecule has 0 aromatic heterocycles. The highest BCUT2D eigenvalue weighted by Crippen LogP contribution is 2.30. The largest absolute Gasteiger partial charge is 0.501 e. The van der Waals surface area contributed by atoms with Crippen LogP contribution in [-0.4, -0.2) is 27.0 Å². The number of hydrogen-bond acceptors (Lipinski definition) is 5. The molecule has 0 saturated heterocycles. The Hall–Kier alpha value is -2.55. The first-order valence-electron chi connectivity index (χ1n) is 6.86. The average molecular weight is 374 g/mol. The number of ether oxygens (including phenoxy) is 2. The molecule has 0 radical (unpaired) electrons. The fraction of sp³-hybridized carbons (Fsp3) is 0.188. The first kappa shape index (κ1) is 18.8. The predicted octanol–water partition coefficient (Wildman–Crippen LogP) is 3.35. The fourth-order valence-corrected chi connectivity index (χ4v) is 2.63. The lowest BCUT2D eigenvalue weighted by Crippen LogP contribution is -2.23. The smallest absolute Gasteiger partial charge is 0.489 e. The van der Waals surface area contributed by atoms with Gasteiger partial charge in [-0.3, -0.25) is 0 Å². The molecule has 0 N–H and O–H groups in total. The van der Waals surface area contributed by atoms with Gasteiger partial charge in [0.05, 0.1) is 17.6 Å². The van der Waals surface area contributed by atoms with E-state index in [-0.39, 0.29) is 6.61 Å². The Morgan fingerprint density at radius 3 is 2.04 bits per heavy atom. The molecule has 0 unspecified atom stereocenters. The lowest BCUT2D eigenvalue weighted by atomic mass is 10.2. The van der Waals surface area contributed by atoms with Crippen LogP contribution in [0.4, 0.5) is 13.2 Å². The van der Waals surface area contributed by atoms with E-state index in [2.05, 4.69) is 4.74 Å². The zero-order valence-electron chi connectivity index (χ0n) is 12.9. The molecule has 0 aliphatic rings. The van der Waals surface area contributed by atoms with Gasteiger partial charge in [0.2, 0.25) is 0 Å². The molecule has 0 bridgehead atoms. The van der Waals surface area contributed by atoms with E-state index in [0.717, 1.165) is 12.1 Å². The third-order valence-corrected chi connectivity index (χ3v) is 4.72. The number of esters is 1.